The van der Waals surface area contributed by atoms with Gasteiger partial charge in [0.1, 0.15) is 9.34 Å². The first-order chi connectivity index (χ1) is 9.00. The molecular weight excluding hydrogens is 305 g/mol. The predicted molar refractivity (Wildman–Crippen MR) is 78.5 cm³/mol. The molecule has 1 heterocycles. The molecule has 1 aromatic heterocycles. The molecule has 1 N–H and O–H groups in total. The number of carbonyl (C=O) groups is 2. The SMILES string of the molecule is CC(=O)Nc1sc(Cl)c(Cl)c1C(=O)c1ccccc1. The zero-order chi connectivity index (χ0) is 14.0. The molecule has 0 aliphatic rings. The monoisotopic (exact) mass is 313 g/mol. The molecule has 2 rings (SSSR count). The molecule has 3 nitrogen and oxygen atoms in total. The third-order valence-electron chi connectivity index (χ3n) is 2.36. The van der Waals surface area contributed by atoms with Gasteiger partial charge in [-0.3, -0.25) is 9.59 Å². The van der Waals surface area contributed by atoms with Crippen molar-refractivity contribution < 1.29 is 9.59 Å². The van der Waals surface area contributed by atoms with Gasteiger partial charge in [-0.1, -0.05) is 53.5 Å². The lowest BCUT2D eigenvalue weighted by atomic mass is 10.1. The van der Waals surface area contributed by atoms with E-state index in [1.54, 1.807) is 24.3 Å². The molecule has 0 unspecified atom stereocenters. The van der Waals surface area contributed by atoms with Crippen LogP contribution in [0, 0.1) is 0 Å². The number of benzene rings is 1. The Balaban J connectivity index is 2.49. The quantitative estimate of drug-likeness (QED) is 0.861. The van der Waals surface area contributed by atoms with Crippen LogP contribution < -0.4 is 5.32 Å². The summed E-state index contributed by atoms with van der Waals surface area (Å²) in [6.45, 7) is 1.36. The maximum Gasteiger partial charge on any atom is 0.221 e. The van der Waals surface area contributed by atoms with Gasteiger partial charge < -0.3 is 5.32 Å². The lowest BCUT2D eigenvalue weighted by Crippen LogP contribution is -2.09. The lowest BCUT2D eigenvalue weighted by Gasteiger charge is -2.04. The van der Waals surface area contributed by atoms with Crippen LogP contribution in [0.15, 0.2) is 30.3 Å². The molecule has 0 aliphatic heterocycles. The van der Waals surface area contributed by atoms with Gasteiger partial charge >= 0.3 is 0 Å². The van der Waals surface area contributed by atoms with Gasteiger partial charge in [0, 0.05) is 12.5 Å². The highest BCUT2D eigenvalue weighted by atomic mass is 35.5. The summed E-state index contributed by atoms with van der Waals surface area (Å²) in [5.41, 5.74) is 0.725. The zero-order valence-corrected chi connectivity index (χ0v) is 12.2. The van der Waals surface area contributed by atoms with Crippen LogP contribution in [0.1, 0.15) is 22.8 Å². The number of thiophene rings is 1. The second-order valence-corrected chi connectivity index (χ2v) is 5.77. The Morgan fingerprint density at radius 3 is 2.37 bits per heavy atom. The van der Waals surface area contributed by atoms with Crippen molar-refractivity contribution in [3.63, 3.8) is 0 Å². The Hall–Kier alpha value is -1.36. The van der Waals surface area contributed by atoms with Gasteiger partial charge in [-0.2, -0.15) is 0 Å². The average Bonchev–Trinajstić information content (AvgIpc) is 2.64. The van der Waals surface area contributed by atoms with Gasteiger partial charge in [0.25, 0.3) is 0 Å². The van der Waals surface area contributed by atoms with E-state index in [0.29, 0.717) is 10.6 Å². The molecule has 0 aliphatic carbocycles. The van der Waals surface area contributed by atoms with Crippen molar-refractivity contribution in [3.05, 3.63) is 50.8 Å². The van der Waals surface area contributed by atoms with Crippen LogP contribution in [-0.4, -0.2) is 11.7 Å². The van der Waals surface area contributed by atoms with Gasteiger partial charge in [0.15, 0.2) is 5.78 Å². The molecule has 0 radical (unpaired) electrons. The molecule has 1 amide bonds. The lowest BCUT2D eigenvalue weighted by molar-refractivity contribution is -0.114. The second kappa shape index (κ2) is 5.74. The molecule has 6 heteroatoms. The minimum absolute atomic E-state index is 0.171. The smallest absolute Gasteiger partial charge is 0.221 e. The van der Waals surface area contributed by atoms with Crippen molar-refractivity contribution in [2.75, 3.05) is 5.32 Å². The van der Waals surface area contributed by atoms with Crippen molar-refractivity contribution in [1.29, 1.82) is 0 Å². The first-order valence-electron chi connectivity index (χ1n) is 5.36. The maximum absolute atomic E-state index is 12.4. The number of amides is 1. The molecule has 0 saturated heterocycles. The van der Waals surface area contributed by atoms with Crippen LogP contribution in [0.2, 0.25) is 9.36 Å². The van der Waals surface area contributed by atoms with Crippen molar-refractivity contribution in [1.82, 2.24) is 0 Å². The van der Waals surface area contributed by atoms with Crippen LogP contribution in [-0.2, 0) is 4.79 Å². The highest BCUT2D eigenvalue weighted by Crippen LogP contribution is 2.41. The minimum Gasteiger partial charge on any atom is -0.317 e. The average molecular weight is 314 g/mol. The van der Waals surface area contributed by atoms with E-state index in [1.807, 2.05) is 6.07 Å². The van der Waals surface area contributed by atoms with Gasteiger partial charge in [-0.25, -0.2) is 0 Å². The van der Waals surface area contributed by atoms with E-state index in [0.717, 1.165) is 11.3 Å². The van der Waals surface area contributed by atoms with E-state index >= 15 is 0 Å². The Labute approximate surface area is 124 Å². The molecule has 0 saturated carbocycles. The maximum atomic E-state index is 12.4. The van der Waals surface area contributed by atoms with E-state index < -0.39 is 0 Å². The van der Waals surface area contributed by atoms with Crippen molar-refractivity contribution in [2.24, 2.45) is 0 Å². The van der Waals surface area contributed by atoms with Gasteiger partial charge in [0.2, 0.25) is 5.91 Å². The molecule has 2 aromatic rings. The zero-order valence-electron chi connectivity index (χ0n) is 9.87. The number of anilines is 1. The largest absolute Gasteiger partial charge is 0.317 e. The number of ketones is 1. The Kier molecular flexibility index (Phi) is 4.24. The van der Waals surface area contributed by atoms with Gasteiger partial charge in [0.05, 0.1) is 10.6 Å². The van der Waals surface area contributed by atoms with Gasteiger partial charge in [-0.05, 0) is 0 Å². The molecule has 1 aromatic carbocycles. The van der Waals surface area contributed by atoms with E-state index in [2.05, 4.69) is 5.32 Å². The van der Waals surface area contributed by atoms with Crippen molar-refractivity contribution >= 4 is 51.2 Å². The summed E-state index contributed by atoms with van der Waals surface area (Å²) in [4.78, 5) is 23.5. The fraction of sp³-hybridized carbons (Fsp3) is 0.0769. The summed E-state index contributed by atoms with van der Waals surface area (Å²) in [5, 5.41) is 3.12. The number of carbonyl (C=O) groups excluding carboxylic acids is 2. The number of rotatable bonds is 3. The highest BCUT2D eigenvalue weighted by molar-refractivity contribution is 7.21. The molecular formula is C13H9Cl2NO2S. The fourth-order valence-electron chi connectivity index (χ4n) is 1.57. The van der Waals surface area contributed by atoms with E-state index in [-0.39, 0.29) is 26.6 Å². The molecule has 0 bridgehead atoms. The highest BCUT2D eigenvalue weighted by Gasteiger charge is 2.23. The van der Waals surface area contributed by atoms with Crippen molar-refractivity contribution in [3.8, 4) is 0 Å². The minimum atomic E-state index is -0.281. The van der Waals surface area contributed by atoms with E-state index in [4.69, 9.17) is 23.2 Å². The Morgan fingerprint density at radius 2 is 1.79 bits per heavy atom. The van der Waals surface area contributed by atoms with Crippen LogP contribution in [0.25, 0.3) is 0 Å². The second-order valence-electron chi connectivity index (χ2n) is 3.77. The summed E-state index contributed by atoms with van der Waals surface area (Å²) < 4.78 is 0.282. The Morgan fingerprint density at radius 1 is 1.16 bits per heavy atom. The summed E-state index contributed by atoms with van der Waals surface area (Å²) in [6.07, 6.45) is 0. The first kappa shape index (κ1) is 14.1. The van der Waals surface area contributed by atoms with E-state index in [1.165, 1.54) is 6.92 Å². The number of nitrogens with one attached hydrogen (secondary N) is 1. The number of hydrogen-bond donors (Lipinski definition) is 1. The van der Waals surface area contributed by atoms with E-state index in [9.17, 15) is 9.59 Å². The topological polar surface area (TPSA) is 46.2 Å². The Bertz CT molecular complexity index is 638. The third-order valence-corrected chi connectivity index (χ3v) is 4.26. The summed E-state index contributed by atoms with van der Waals surface area (Å²) in [7, 11) is 0. The fourth-order valence-corrected chi connectivity index (χ4v) is 3.11. The number of hydrogen-bond acceptors (Lipinski definition) is 3. The van der Waals surface area contributed by atoms with Crippen LogP contribution in [0.3, 0.4) is 0 Å². The van der Waals surface area contributed by atoms with Crippen molar-refractivity contribution in [2.45, 2.75) is 6.92 Å². The predicted octanol–water partition coefficient (Wildman–Crippen LogP) is 4.24. The van der Waals surface area contributed by atoms with Crippen LogP contribution >= 0.6 is 34.5 Å². The summed E-state index contributed by atoms with van der Waals surface area (Å²) in [5.74, 6) is -0.547. The molecule has 98 valence electrons. The third kappa shape index (κ3) is 2.97. The summed E-state index contributed by atoms with van der Waals surface area (Å²) >= 11 is 13.1. The van der Waals surface area contributed by atoms with Gasteiger partial charge in [-0.15, -0.1) is 11.3 Å². The number of halogens is 2. The molecule has 0 atom stereocenters. The molecule has 0 spiro atoms. The normalized spacial score (nSPS) is 10.3. The molecule has 19 heavy (non-hydrogen) atoms. The first-order valence-corrected chi connectivity index (χ1v) is 6.93. The molecule has 0 fully saturated rings. The van der Waals surface area contributed by atoms with Crippen LogP contribution in [0.5, 0.6) is 0 Å². The van der Waals surface area contributed by atoms with Crippen LogP contribution in [0.4, 0.5) is 5.00 Å². The standard InChI is InChI=1S/C13H9Cl2NO2S/c1-7(17)16-13-9(10(14)12(15)19-13)11(18)8-5-3-2-4-6-8/h2-6H,1H3,(H,16,17). The summed E-state index contributed by atoms with van der Waals surface area (Å²) in [6, 6.07) is 8.69.